The van der Waals surface area contributed by atoms with E-state index in [1.165, 1.54) is 29.8 Å². The molecule has 118 valence electrons. The highest BCUT2D eigenvalue weighted by molar-refractivity contribution is 5.79. The number of benzene rings is 2. The van der Waals surface area contributed by atoms with E-state index in [1.807, 2.05) is 18.2 Å². The summed E-state index contributed by atoms with van der Waals surface area (Å²) in [5.74, 6) is -0.201. The molecule has 4 nitrogen and oxygen atoms in total. The Kier molecular flexibility index (Phi) is 4.57. The third-order valence-corrected chi connectivity index (χ3v) is 3.59. The molecule has 3 rings (SSSR count). The van der Waals surface area contributed by atoms with Crippen molar-refractivity contribution >= 4 is 11.6 Å². The summed E-state index contributed by atoms with van der Waals surface area (Å²) in [7, 11) is 0. The fourth-order valence-corrected chi connectivity index (χ4v) is 2.45. The number of nitrogens with one attached hydrogen (secondary N) is 2. The molecule has 0 saturated carbocycles. The molecule has 0 spiro atoms. The van der Waals surface area contributed by atoms with Crippen LogP contribution in [0.5, 0.6) is 5.75 Å². The number of amides is 1. The summed E-state index contributed by atoms with van der Waals surface area (Å²) in [6.45, 7) is -0.145. The van der Waals surface area contributed by atoms with Crippen LogP contribution < -0.4 is 15.6 Å². The van der Waals surface area contributed by atoms with E-state index >= 15 is 0 Å². The van der Waals surface area contributed by atoms with E-state index in [2.05, 4.69) is 23.0 Å². The second-order valence-electron chi connectivity index (χ2n) is 5.23. The van der Waals surface area contributed by atoms with Gasteiger partial charge in [-0.05, 0) is 42.7 Å². The van der Waals surface area contributed by atoms with Crippen LogP contribution >= 0.6 is 0 Å². The zero-order valence-corrected chi connectivity index (χ0v) is 12.5. The van der Waals surface area contributed by atoms with Crippen molar-refractivity contribution in [2.45, 2.75) is 12.8 Å². The summed E-state index contributed by atoms with van der Waals surface area (Å²) >= 11 is 0. The van der Waals surface area contributed by atoms with Crippen LogP contribution in [-0.4, -0.2) is 12.5 Å². The SMILES string of the molecule is O=C(COc1ccc(F)cc1)NNC1=CCCc2ccccc21. The number of carbonyl (C=O) groups is 1. The summed E-state index contributed by atoms with van der Waals surface area (Å²) in [6, 6.07) is 13.6. The molecule has 1 aliphatic rings. The van der Waals surface area contributed by atoms with Crippen LogP contribution in [0.25, 0.3) is 5.70 Å². The Bertz CT molecular complexity index is 726. The van der Waals surface area contributed by atoms with Crippen molar-refractivity contribution in [1.29, 1.82) is 0 Å². The van der Waals surface area contributed by atoms with Crippen LogP contribution in [0, 0.1) is 5.82 Å². The first-order chi connectivity index (χ1) is 11.2. The van der Waals surface area contributed by atoms with Gasteiger partial charge in [-0.25, -0.2) is 4.39 Å². The van der Waals surface area contributed by atoms with Crippen LogP contribution in [0.2, 0.25) is 0 Å². The normalized spacial score (nSPS) is 12.8. The molecule has 2 aromatic rings. The molecule has 0 atom stereocenters. The van der Waals surface area contributed by atoms with Gasteiger partial charge in [0.15, 0.2) is 6.61 Å². The van der Waals surface area contributed by atoms with E-state index in [0.717, 1.165) is 24.1 Å². The van der Waals surface area contributed by atoms with E-state index in [4.69, 9.17) is 4.74 Å². The lowest BCUT2D eigenvalue weighted by molar-refractivity contribution is -0.123. The molecule has 0 saturated heterocycles. The largest absolute Gasteiger partial charge is 0.484 e. The van der Waals surface area contributed by atoms with E-state index in [9.17, 15) is 9.18 Å². The van der Waals surface area contributed by atoms with Gasteiger partial charge in [-0.15, -0.1) is 0 Å². The van der Waals surface area contributed by atoms with E-state index < -0.39 is 0 Å². The summed E-state index contributed by atoms with van der Waals surface area (Å²) in [4.78, 5) is 11.8. The van der Waals surface area contributed by atoms with E-state index in [1.54, 1.807) is 0 Å². The predicted molar refractivity (Wildman–Crippen MR) is 85.9 cm³/mol. The third kappa shape index (κ3) is 3.88. The van der Waals surface area contributed by atoms with Crippen LogP contribution in [0.15, 0.2) is 54.6 Å². The molecule has 1 amide bonds. The van der Waals surface area contributed by atoms with Gasteiger partial charge in [-0.1, -0.05) is 30.3 Å². The zero-order valence-electron chi connectivity index (χ0n) is 12.5. The highest BCUT2D eigenvalue weighted by Gasteiger charge is 2.12. The van der Waals surface area contributed by atoms with Gasteiger partial charge in [0.2, 0.25) is 0 Å². The third-order valence-electron chi connectivity index (χ3n) is 3.59. The number of fused-ring (bicyclic) bond motifs is 1. The lowest BCUT2D eigenvalue weighted by atomic mass is 9.95. The first kappa shape index (κ1) is 15.1. The first-order valence-electron chi connectivity index (χ1n) is 7.44. The lowest BCUT2D eigenvalue weighted by Gasteiger charge is -2.19. The van der Waals surface area contributed by atoms with Crippen LogP contribution in [0.1, 0.15) is 17.5 Å². The van der Waals surface area contributed by atoms with Gasteiger partial charge in [-0.3, -0.25) is 15.6 Å². The molecule has 0 heterocycles. The maximum Gasteiger partial charge on any atom is 0.276 e. The van der Waals surface area contributed by atoms with Crippen molar-refractivity contribution in [2.75, 3.05) is 6.61 Å². The highest BCUT2D eigenvalue weighted by Crippen LogP contribution is 2.23. The molecular formula is C18H17FN2O2. The van der Waals surface area contributed by atoms with Gasteiger partial charge < -0.3 is 4.74 Å². The van der Waals surface area contributed by atoms with Crippen molar-refractivity contribution in [1.82, 2.24) is 10.9 Å². The topological polar surface area (TPSA) is 50.4 Å². The smallest absolute Gasteiger partial charge is 0.276 e. The van der Waals surface area contributed by atoms with Crippen molar-refractivity contribution in [3.05, 3.63) is 71.6 Å². The van der Waals surface area contributed by atoms with Crippen molar-refractivity contribution in [3.8, 4) is 5.75 Å². The number of hydrazine groups is 1. The fourth-order valence-electron chi connectivity index (χ4n) is 2.45. The minimum absolute atomic E-state index is 0.145. The van der Waals surface area contributed by atoms with Gasteiger partial charge in [0.05, 0.1) is 5.70 Å². The number of hydrogen-bond acceptors (Lipinski definition) is 3. The molecule has 0 aliphatic heterocycles. The number of carbonyl (C=O) groups excluding carboxylic acids is 1. The number of hydrogen-bond donors (Lipinski definition) is 2. The van der Waals surface area contributed by atoms with Gasteiger partial charge in [0, 0.05) is 5.56 Å². The van der Waals surface area contributed by atoms with Crippen LogP contribution in [-0.2, 0) is 11.2 Å². The molecule has 0 bridgehead atoms. The number of allylic oxidation sites excluding steroid dienone is 1. The van der Waals surface area contributed by atoms with Gasteiger partial charge in [-0.2, -0.15) is 0 Å². The second kappa shape index (κ2) is 6.96. The standard InChI is InChI=1S/C18H17FN2O2/c19-14-8-10-15(11-9-14)23-12-18(22)21-20-17-7-3-5-13-4-1-2-6-16(13)17/h1-2,4,6-11,20H,3,5,12H2,(H,21,22). The summed E-state index contributed by atoms with van der Waals surface area (Å²) in [6.07, 6.45) is 3.99. The van der Waals surface area contributed by atoms with Crippen molar-refractivity contribution < 1.29 is 13.9 Å². The molecule has 0 fully saturated rings. The molecule has 0 unspecified atom stereocenters. The van der Waals surface area contributed by atoms with Crippen LogP contribution in [0.4, 0.5) is 4.39 Å². The molecule has 2 N–H and O–H groups in total. The highest BCUT2D eigenvalue weighted by atomic mass is 19.1. The number of ether oxygens (including phenoxy) is 1. The number of rotatable bonds is 5. The minimum Gasteiger partial charge on any atom is -0.484 e. The maximum atomic E-state index is 12.8. The average Bonchev–Trinajstić information content (AvgIpc) is 2.59. The molecule has 0 radical (unpaired) electrons. The van der Waals surface area contributed by atoms with Gasteiger partial charge in [0.25, 0.3) is 5.91 Å². The molecular weight excluding hydrogens is 295 g/mol. The molecule has 0 aromatic heterocycles. The van der Waals surface area contributed by atoms with E-state index in [-0.39, 0.29) is 18.3 Å². The fraction of sp³-hybridized carbons (Fsp3) is 0.167. The van der Waals surface area contributed by atoms with Crippen molar-refractivity contribution in [3.63, 3.8) is 0 Å². The zero-order chi connectivity index (χ0) is 16.1. The van der Waals surface area contributed by atoms with Crippen molar-refractivity contribution in [2.24, 2.45) is 0 Å². The minimum atomic E-state index is -0.341. The Hall–Kier alpha value is -2.82. The summed E-state index contributed by atoms with van der Waals surface area (Å²) < 4.78 is 18.1. The Balaban J connectivity index is 1.51. The monoisotopic (exact) mass is 312 g/mol. The molecule has 23 heavy (non-hydrogen) atoms. The molecule has 5 heteroatoms. The van der Waals surface area contributed by atoms with E-state index in [0.29, 0.717) is 5.75 Å². The van der Waals surface area contributed by atoms with Crippen LogP contribution in [0.3, 0.4) is 0 Å². The molecule has 2 aromatic carbocycles. The molecule has 1 aliphatic carbocycles. The Labute approximate surface area is 133 Å². The van der Waals surface area contributed by atoms with Gasteiger partial charge >= 0.3 is 0 Å². The summed E-state index contributed by atoms with van der Waals surface area (Å²) in [5, 5.41) is 0. The lowest BCUT2D eigenvalue weighted by Crippen LogP contribution is -2.39. The average molecular weight is 312 g/mol. The quantitative estimate of drug-likeness (QED) is 0.835. The predicted octanol–water partition coefficient (Wildman–Crippen LogP) is 2.81. The Morgan fingerprint density at radius 2 is 1.91 bits per heavy atom. The Morgan fingerprint density at radius 1 is 1.13 bits per heavy atom. The first-order valence-corrected chi connectivity index (χ1v) is 7.44. The maximum absolute atomic E-state index is 12.8. The second-order valence-corrected chi connectivity index (χ2v) is 5.23. The van der Waals surface area contributed by atoms with Gasteiger partial charge in [0.1, 0.15) is 11.6 Å². The summed E-state index contributed by atoms with van der Waals surface area (Å²) in [5.41, 5.74) is 8.81. The number of aryl methyl sites for hydroxylation is 1. The Morgan fingerprint density at radius 3 is 2.74 bits per heavy atom. The number of halogens is 1.